The van der Waals surface area contributed by atoms with Crippen molar-refractivity contribution in [2.24, 2.45) is 0 Å². The van der Waals surface area contributed by atoms with Gasteiger partial charge in [-0.05, 0) is 37.1 Å². The van der Waals surface area contributed by atoms with Crippen molar-refractivity contribution in [2.45, 2.75) is 20.3 Å². The zero-order valence-electron chi connectivity index (χ0n) is 12.1. The first kappa shape index (κ1) is 14.8. The highest BCUT2D eigenvalue weighted by atomic mass is 16.5. The Morgan fingerprint density at radius 3 is 2.67 bits per heavy atom. The van der Waals surface area contributed by atoms with Gasteiger partial charge in [-0.15, -0.1) is 0 Å². The maximum absolute atomic E-state index is 11.9. The number of hydrogen-bond acceptors (Lipinski definition) is 4. The zero-order valence-corrected chi connectivity index (χ0v) is 12.1. The van der Waals surface area contributed by atoms with Gasteiger partial charge in [-0.3, -0.25) is 4.79 Å². The van der Waals surface area contributed by atoms with Gasteiger partial charge in [-0.2, -0.15) is 5.10 Å². The van der Waals surface area contributed by atoms with Crippen molar-refractivity contribution in [3.8, 4) is 11.4 Å². The molecule has 0 atom stereocenters. The van der Waals surface area contributed by atoms with Gasteiger partial charge in [-0.25, -0.2) is 9.48 Å². The molecular formula is C15H16N2O4. The second-order valence-electron chi connectivity index (χ2n) is 4.59. The summed E-state index contributed by atoms with van der Waals surface area (Å²) in [6.07, 6.45) is 2.01. The van der Waals surface area contributed by atoms with Crippen LogP contribution in [-0.2, 0) is 6.42 Å². The average Bonchev–Trinajstić information content (AvgIpc) is 2.47. The molecule has 1 aromatic carbocycles. The first-order valence-electron chi connectivity index (χ1n) is 6.49. The van der Waals surface area contributed by atoms with E-state index in [0.717, 1.165) is 11.3 Å². The van der Waals surface area contributed by atoms with E-state index < -0.39 is 17.1 Å². The summed E-state index contributed by atoms with van der Waals surface area (Å²) in [4.78, 5) is 23.1. The number of aromatic nitrogens is 2. The Morgan fingerprint density at radius 2 is 2.14 bits per heavy atom. The molecule has 0 bridgehead atoms. The number of carboxylic acids is 1. The van der Waals surface area contributed by atoms with Crippen LogP contribution in [0.1, 0.15) is 28.5 Å². The van der Waals surface area contributed by atoms with Gasteiger partial charge >= 0.3 is 5.97 Å². The van der Waals surface area contributed by atoms with E-state index in [2.05, 4.69) is 5.10 Å². The molecule has 21 heavy (non-hydrogen) atoms. The van der Waals surface area contributed by atoms with Crippen molar-refractivity contribution >= 4 is 5.97 Å². The van der Waals surface area contributed by atoms with Gasteiger partial charge in [0.15, 0.2) is 0 Å². The largest absolute Gasteiger partial charge is 0.496 e. The number of carbonyl (C=O) groups is 1. The van der Waals surface area contributed by atoms with Crippen molar-refractivity contribution in [2.75, 3.05) is 7.11 Å². The molecule has 6 heteroatoms. The fourth-order valence-electron chi connectivity index (χ4n) is 2.07. The number of methoxy groups -OCH3 is 1. The van der Waals surface area contributed by atoms with E-state index in [0.29, 0.717) is 17.7 Å². The second kappa shape index (κ2) is 5.78. The van der Waals surface area contributed by atoms with E-state index in [9.17, 15) is 9.59 Å². The molecule has 0 aliphatic heterocycles. The summed E-state index contributed by atoms with van der Waals surface area (Å²) in [5.41, 5.74) is 0.973. The minimum absolute atomic E-state index is 0.413. The van der Waals surface area contributed by atoms with Crippen molar-refractivity contribution < 1.29 is 14.6 Å². The van der Waals surface area contributed by atoms with Gasteiger partial charge in [0.1, 0.15) is 5.75 Å². The third kappa shape index (κ3) is 2.79. The number of nitrogens with zero attached hydrogens (tertiary/aromatic N) is 2. The van der Waals surface area contributed by atoms with Crippen molar-refractivity contribution in [3.05, 3.63) is 51.4 Å². The van der Waals surface area contributed by atoms with Crippen LogP contribution >= 0.6 is 0 Å². The van der Waals surface area contributed by atoms with Gasteiger partial charge in [0, 0.05) is 11.8 Å². The molecule has 0 fully saturated rings. The fourth-order valence-corrected chi connectivity index (χ4v) is 2.07. The Bertz CT molecular complexity index is 750. The third-order valence-corrected chi connectivity index (χ3v) is 3.22. The standard InChI is InChI=1S/C15H16N2O4/c1-4-10-8-17(16-13(14(10)18)15(19)20)11-5-6-12(21-3)9(2)7-11/h5-8H,4H2,1-3H3,(H,19,20). The molecule has 0 amide bonds. The molecule has 110 valence electrons. The number of aryl methyl sites for hydroxylation is 2. The molecule has 2 aromatic rings. The van der Waals surface area contributed by atoms with Gasteiger partial charge < -0.3 is 9.84 Å². The predicted molar refractivity (Wildman–Crippen MR) is 77.5 cm³/mol. The molecular weight excluding hydrogens is 272 g/mol. The molecule has 0 saturated carbocycles. The molecule has 6 nitrogen and oxygen atoms in total. The topological polar surface area (TPSA) is 81.4 Å². The molecule has 1 heterocycles. The Labute approximate surface area is 121 Å². The van der Waals surface area contributed by atoms with Gasteiger partial charge in [-0.1, -0.05) is 6.92 Å². The van der Waals surface area contributed by atoms with Gasteiger partial charge in [0.05, 0.1) is 12.8 Å². The average molecular weight is 288 g/mol. The number of aromatic carboxylic acids is 1. The van der Waals surface area contributed by atoms with Crippen LogP contribution in [0, 0.1) is 6.92 Å². The Balaban J connectivity index is 2.64. The lowest BCUT2D eigenvalue weighted by Gasteiger charge is -2.11. The predicted octanol–water partition coefficient (Wildman–Crippen LogP) is 1.81. The monoisotopic (exact) mass is 288 g/mol. The first-order valence-corrected chi connectivity index (χ1v) is 6.49. The molecule has 0 spiro atoms. The quantitative estimate of drug-likeness (QED) is 0.928. The highest BCUT2D eigenvalue weighted by Crippen LogP contribution is 2.20. The van der Waals surface area contributed by atoms with Crippen molar-refractivity contribution in [3.63, 3.8) is 0 Å². The smallest absolute Gasteiger partial charge is 0.360 e. The van der Waals surface area contributed by atoms with Crippen LogP contribution in [0.4, 0.5) is 0 Å². The van der Waals surface area contributed by atoms with Crippen LogP contribution in [0.3, 0.4) is 0 Å². The van der Waals surface area contributed by atoms with Crippen LogP contribution in [0.2, 0.25) is 0 Å². The number of carboxylic acid groups (broad SMARTS) is 1. The van der Waals surface area contributed by atoms with E-state index in [4.69, 9.17) is 9.84 Å². The normalized spacial score (nSPS) is 10.4. The summed E-state index contributed by atoms with van der Waals surface area (Å²) in [6, 6.07) is 5.35. The molecule has 0 radical (unpaired) electrons. The van der Waals surface area contributed by atoms with Crippen LogP contribution < -0.4 is 10.2 Å². The van der Waals surface area contributed by atoms with Crippen molar-refractivity contribution in [1.82, 2.24) is 9.78 Å². The lowest BCUT2D eigenvalue weighted by molar-refractivity contribution is 0.0686. The summed E-state index contributed by atoms with van der Waals surface area (Å²) in [7, 11) is 1.58. The Kier molecular flexibility index (Phi) is 4.07. The number of rotatable bonds is 4. The minimum atomic E-state index is -1.32. The molecule has 0 aliphatic carbocycles. The SMILES string of the molecule is CCc1cn(-c2ccc(OC)c(C)c2)nc(C(=O)O)c1=O. The molecule has 1 aromatic heterocycles. The van der Waals surface area contributed by atoms with Crippen LogP contribution in [-0.4, -0.2) is 28.0 Å². The molecule has 0 saturated heterocycles. The highest BCUT2D eigenvalue weighted by Gasteiger charge is 2.15. The van der Waals surface area contributed by atoms with Crippen LogP contribution in [0.25, 0.3) is 5.69 Å². The molecule has 2 rings (SSSR count). The first-order chi connectivity index (χ1) is 9.97. The van der Waals surface area contributed by atoms with E-state index in [-0.39, 0.29) is 0 Å². The maximum atomic E-state index is 11.9. The van der Waals surface area contributed by atoms with E-state index in [1.807, 2.05) is 13.0 Å². The maximum Gasteiger partial charge on any atom is 0.360 e. The summed E-state index contributed by atoms with van der Waals surface area (Å²) in [5, 5.41) is 13.0. The number of hydrogen-bond donors (Lipinski definition) is 1. The van der Waals surface area contributed by atoms with Crippen LogP contribution in [0.5, 0.6) is 5.75 Å². The number of ether oxygens (including phenoxy) is 1. The summed E-state index contributed by atoms with van der Waals surface area (Å²) in [5.74, 6) is -0.594. The highest BCUT2D eigenvalue weighted by molar-refractivity contribution is 5.85. The summed E-state index contributed by atoms with van der Waals surface area (Å²) >= 11 is 0. The lowest BCUT2D eigenvalue weighted by atomic mass is 10.1. The summed E-state index contributed by atoms with van der Waals surface area (Å²) in [6.45, 7) is 3.68. The zero-order chi connectivity index (χ0) is 15.6. The van der Waals surface area contributed by atoms with Crippen LogP contribution in [0.15, 0.2) is 29.2 Å². The number of benzene rings is 1. The summed E-state index contributed by atoms with van der Waals surface area (Å²) < 4.78 is 6.60. The molecule has 0 unspecified atom stereocenters. The van der Waals surface area contributed by atoms with E-state index in [1.165, 1.54) is 4.68 Å². The van der Waals surface area contributed by atoms with Gasteiger partial charge in [0.25, 0.3) is 0 Å². The third-order valence-electron chi connectivity index (χ3n) is 3.22. The minimum Gasteiger partial charge on any atom is -0.496 e. The van der Waals surface area contributed by atoms with E-state index in [1.54, 1.807) is 32.4 Å². The Hall–Kier alpha value is -2.63. The van der Waals surface area contributed by atoms with Crippen molar-refractivity contribution in [1.29, 1.82) is 0 Å². The fraction of sp³-hybridized carbons (Fsp3) is 0.267. The molecule has 0 aliphatic rings. The van der Waals surface area contributed by atoms with E-state index >= 15 is 0 Å². The molecule has 1 N–H and O–H groups in total. The van der Waals surface area contributed by atoms with Gasteiger partial charge in [0.2, 0.25) is 11.1 Å². The second-order valence-corrected chi connectivity index (χ2v) is 4.59. The Morgan fingerprint density at radius 1 is 1.43 bits per heavy atom. The lowest BCUT2D eigenvalue weighted by Crippen LogP contribution is -2.24.